The van der Waals surface area contributed by atoms with E-state index in [1.165, 1.54) is 0 Å². The van der Waals surface area contributed by atoms with E-state index in [0.29, 0.717) is 17.3 Å². The second-order valence-corrected chi connectivity index (χ2v) is 5.41. The van der Waals surface area contributed by atoms with Gasteiger partial charge in [-0.3, -0.25) is 4.68 Å². The molecule has 0 atom stereocenters. The number of halogens is 2. The van der Waals surface area contributed by atoms with Crippen molar-refractivity contribution in [2.45, 2.75) is 13.5 Å². The lowest BCUT2D eigenvalue weighted by Crippen LogP contribution is -2.02. The van der Waals surface area contributed by atoms with Crippen molar-refractivity contribution in [1.29, 1.82) is 5.26 Å². The maximum atomic E-state index is 9.10. The molecule has 1 N–H and O–H groups in total. The normalized spacial score (nSPS) is 10.3. The number of rotatable bonds is 3. The highest BCUT2D eigenvalue weighted by molar-refractivity contribution is 9.10. The zero-order valence-corrected chi connectivity index (χ0v) is 12.9. The van der Waals surface area contributed by atoms with Crippen molar-refractivity contribution < 1.29 is 0 Å². The molecule has 0 spiro atoms. The number of aromatic nitrogens is 2. The van der Waals surface area contributed by atoms with Crippen LogP contribution >= 0.6 is 27.5 Å². The highest BCUT2D eigenvalue weighted by Crippen LogP contribution is 2.23. The van der Waals surface area contributed by atoms with Gasteiger partial charge in [-0.25, -0.2) is 0 Å². The van der Waals surface area contributed by atoms with E-state index in [9.17, 15) is 0 Å². The van der Waals surface area contributed by atoms with Crippen molar-refractivity contribution >= 4 is 33.2 Å². The highest BCUT2D eigenvalue weighted by Gasteiger charge is 2.11. The average molecular weight is 340 g/mol. The largest absolute Gasteiger partial charge is 0.380 e. The van der Waals surface area contributed by atoms with Crippen LogP contribution in [0.25, 0.3) is 0 Å². The monoisotopic (exact) mass is 338 g/mol. The predicted octanol–water partition coefficient (Wildman–Crippen LogP) is 3.63. The maximum absolute atomic E-state index is 9.10. The fraction of sp³-hybridized carbons (Fsp3) is 0.231. The third kappa shape index (κ3) is 2.91. The Kier molecular flexibility index (Phi) is 4.13. The fourth-order valence-corrected chi connectivity index (χ4v) is 2.42. The highest BCUT2D eigenvalue weighted by atomic mass is 79.9. The van der Waals surface area contributed by atoms with Gasteiger partial charge in [-0.2, -0.15) is 10.4 Å². The van der Waals surface area contributed by atoms with E-state index in [1.807, 2.05) is 19.1 Å². The second kappa shape index (κ2) is 5.64. The van der Waals surface area contributed by atoms with Gasteiger partial charge in [0.2, 0.25) is 0 Å². The van der Waals surface area contributed by atoms with Crippen LogP contribution < -0.4 is 5.32 Å². The summed E-state index contributed by atoms with van der Waals surface area (Å²) in [5, 5.41) is 17.2. The first-order chi connectivity index (χ1) is 9.02. The quantitative estimate of drug-likeness (QED) is 0.929. The maximum Gasteiger partial charge on any atom is 0.131 e. The molecule has 0 aliphatic rings. The van der Waals surface area contributed by atoms with Crippen LogP contribution in [0.2, 0.25) is 5.15 Å². The molecule has 0 fully saturated rings. The van der Waals surface area contributed by atoms with Crippen molar-refractivity contribution in [1.82, 2.24) is 9.78 Å². The third-order valence-electron chi connectivity index (χ3n) is 2.83. The van der Waals surface area contributed by atoms with Gasteiger partial charge < -0.3 is 5.32 Å². The number of hydrogen-bond acceptors (Lipinski definition) is 3. The standard InChI is InChI=1S/C13H12BrClN4/c1-8-11(13(15)19(2)18-8)7-17-12-4-3-10(14)5-9(12)6-16/h3-5,17H,7H2,1-2H3. The van der Waals surface area contributed by atoms with Gasteiger partial charge in [-0.1, -0.05) is 27.5 Å². The smallest absolute Gasteiger partial charge is 0.131 e. The Hall–Kier alpha value is -1.51. The fourth-order valence-electron chi connectivity index (χ4n) is 1.82. The molecule has 6 heteroatoms. The molecule has 2 aromatic rings. The van der Waals surface area contributed by atoms with E-state index in [4.69, 9.17) is 16.9 Å². The summed E-state index contributed by atoms with van der Waals surface area (Å²) >= 11 is 9.51. The molecule has 1 aromatic heterocycles. The minimum Gasteiger partial charge on any atom is -0.380 e. The molecule has 4 nitrogen and oxygen atoms in total. The van der Waals surface area contributed by atoms with Crippen LogP contribution in [0.15, 0.2) is 22.7 Å². The lowest BCUT2D eigenvalue weighted by Gasteiger charge is -2.08. The summed E-state index contributed by atoms with van der Waals surface area (Å²) in [6.07, 6.45) is 0. The Morgan fingerprint density at radius 3 is 2.84 bits per heavy atom. The van der Waals surface area contributed by atoms with Crippen LogP contribution in [0.1, 0.15) is 16.8 Å². The number of nitriles is 1. The van der Waals surface area contributed by atoms with Crippen LogP contribution in [0.3, 0.4) is 0 Å². The van der Waals surface area contributed by atoms with E-state index in [1.54, 1.807) is 17.8 Å². The van der Waals surface area contributed by atoms with Gasteiger partial charge in [0.25, 0.3) is 0 Å². The second-order valence-electron chi connectivity index (χ2n) is 4.13. The molecule has 0 saturated heterocycles. The SMILES string of the molecule is Cc1nn(C)c(Cl)c1CNc1ccc(Br)cc1C#N. The van der Waals surface area contributed by atoms with E-state index < -0.39 is 0 Å². The molecular formula is C13H12BrClN4. The van der Waals surface area contributed by atoms with Crippen molar-refractivity contribution in [2.75, 3.05) is 5.32 Å². The minimum absolute atomic E-state index is 0.537. The molecule has 1 aromatic carbocycles. The molecule has 0 aliphatic heterocycles. The van der Waals surface area contributed by atoms with Crippen molar-refractivity contribution in [3.63, 3.8) is 0 Å². The van der Waals surface area contributed by atoms with Gasteiger partial charge in [0, 0.05) is 23.6 Å². The van der Waals surface area contributed by atoms with E-state index in [-0.39, 0.29) is 0 Å². The number of aryl methyl sites for hydroxylation is 2. The molecule has 0 saturated carbocycles. The summed E-state index contributed by atoms with van der Waals surface area (Å²) in [6, 6.07) is 7.69. The number of hydrogen-bond donors (Lipinski definition) is 1. The van der Waals surface area contributed by atoms with E-state index in [2.05, 4.69) is 32.4 Å². The summed E-state index contributed by atoms with van der Waals surface area (Å²) in [4.78, 5) is 0. The molecular weight excluding hydrogens is 328 g/mol. The Balaban J connectivity index is 2.22. The van der Waals surface area contributed by atoms with Gasteiger partial charge in [0.1, 0.15) is 11.2 Å². The zero-order chi connectivity index (χ0) is 14.0. The Labute approximate surface area is 125 Å². The molecule has 0 radical (unpaired) electrons. The summed E-state index contributed by atoms with van der Waals surface area (Å²) in [6.45, 7) is 2.45. The molecule has 19 heavy (non-hydrogen) atoms. The van der Waals surface area contributed by atoms with Gasteiger partial charge in [-0.05, 0) is 25.1 Å². The molecule has 1 heterocycles. The van der Waals surface area contributed by atoms with Gasteiger partial charge in [0.05, 0.1) is 16.9 Å². The minimum atomic E-state index is 0.537. The van der Waals surface area contributed by atoms with E-state index >= 15 is 0 Å². The first-order valence-electron chi connectivity index (χ1n) is 5.64. The van der Waals surface area contributed by atoms with Gasteiger partial charge >= 0.3 is 0 Å². The summed E-state index contributed by atoms with van der Waals surface area (Å²) < 4.78 is 2.52. The molecule has 0 unspecified atom stereocenters. The van der Waals surface area contributed by atoms with E-state index in [0.717, 1.165) is 21.4 Å². The summed E-state index contributed by atoms with van der Waals surface area (Å²) in [5.41, 5.74) is 3.20. The first kappa shape index (κ1) is 13.9. The summed E-state index contributed by atoms with van der Waals surface area (Å²) in [7, 11) is 1.80. The number of benzene rings is 1. The number of anilines is 1. The average Bonchev–Trinajstić information content (AvgIpc) is 2.62. The predicted molar refractivity (Wildman–Crippen MR) is 79.1 cm³/mol. The summed E-state index contributed by atoms with van der Waals surface area (Å²) in [5.74, 6) is 0. The topological polar surface area (TPSA) is 53.6 Å². The molecule has 0 aliphatic carbocycles. The van der Waals surface area contributed by atoms with Crippen LogP contribution in [0, 0.1) is 18.3 Å². The van der Waals surface area contributed by atoms with Crippen molar-refractivity contribution in [3.05, 3.63) is 44.6 Å². The van der Waals surface area contributed by atoms with Crippen LogP contribution in [0.5, 0.6) is 0 Å². The first-order valence-corrected chi connectivity index (χ1v) is 6.81. The molecule has 0 bridgehead atoms. The lowest BCUT2D eigenvalue weighted by atomic mass is 10.2. The zero-order valence-electron chi connectivity index (χ0n) is 10.5. The number of nitrogens with zero attached hydrogens (tertiary/aromatic N) is 3. The Morgan fingerprint density at radius 1 is 1.53 bits per heavy atom. The van der Waals surface area contributed by atoms with Crippen LogP contribution in [-0.2, 0) is 13.6 Å². The molecule has 0 amide bonds. The Morgan fingerprint density at radius 2 is 2.26 bits per heavy atom. The van der Waals surface area contributed by atoms with Gasteiger partial charge in [-0.15, -0.1) is 0 Å². The number of nitrogens with one attached hydrogen (secondary N) is 1. The molecule has 2 rings (SSSR count). The lowest BCUT2D eigenvalue weighted by molar-refractivity contribution is 0.757. The van der Waals surface area contributed by atoms with Crippen molar-refractivity contribution in [3.8, 4) is 6.07 Å². The Bertz CT molecular complexity index is 657. The van der Waals surface area contributed by atoms with Crippen LogP contribution in [0.4, 0.5) is 5.69 Å². The van der Waals surface area contributed by atoms with Crippen LogP contribution in [-0.4, -0.2) is 9.78 Å². The third-order valence-corrected chi connectivity index (χ3v) is 3.79. The molecule has 98 valence electrons. The van der Waals surface area contributed by atoms with Gasteiger partial charge in [0.15, 0.2) is 0 Å². The van der Waals surface area contributed by atoms with Crippen molar-refractivity contribution in [2.24, 2.45) is 7.05 Å².